The molecule has 0 saturated carbocycles. The fourth-order valence-electron chi connectivity index (χ4n) is 6.17. The number of esters is 1. The number of carbonyl (C=O) groups is 3. The first kappa shape index (κ1) is 21.9. The number of aliphatic hydroxyl groups is 2. The number of carboxylic acid groups (broad SMARTS) is 2. The zero-order valence-electron chi connectivity index (χ0n) is 17.9. The van der Waals surface area contributed by atoms with Gasteiger partial charge in [0.1, 0.15) is 12.2 Å². The molecule has 2 heterocycles. The molecule has 1 unspecified atom stereocenters. The van der Waals surface area contributed by atoms with Gasteiger partial charge in [0.05, 0.1) is 12.8 Å². The molecule has 1 saturated heterocycles. The van der Waals surface area contributed by atoms with E-state index in [1.165, 1.54) is 0 Å². The Balaban J connectivity index is 1.50. The summed E-state index contributed by atoms with van der Waals surface area (Å²) < 4.78 is 11.6. The van der Waals surface area contributed by atoms with Gasteiger partial charge in [-0.1, -0.05) is 18.2 Å². The van der Waals surface area contributed by atoms with Crippen LogP contribution in [0.2, 0.25) is 0 Å². The van der Waals surface area contributed by atoms with Crippen molar-refractivity contribution in [2.24, 2.45) is 5.92 Å². The Morgan fingerprint density at radius 3 is 2.70 bits per heavy atom. The van der Waals surface area contributed by atoms with E-state index >= 15 is 0 Å². The number of benzene rings is 1. The number of hydrogen-bond donors (Lipinski definition) is 4. The number of aliphatic carboxylic acids is 2. The maximum atomic E-state index is 12.5. The van der Waals surface area contributed by atoms with E-state index in [1.807, 2.05) is 6.07 Å². The van der Waals surface area contributed by atoms with Crippen LogP contribution in [0.15, 0.2) is 24.3 Å². The van der Waals surface area contributed by atoms with Crippen molar-refractivity contribution in [3.8, 4) is 11.5 Å². The summed E-state index contributed by atoms with van der Waals surface area (Å²) >= 11 is 0. The molecule has 0 radical (unpaired) electrons. The highest BCUT2D eigenvalue weighted by Crippen LogP contribution is 2.62. The minimum atomic E-state index is -2.79. The van der Waals surface area contributed by atoms with Crippen LogP contribution in [0.5, 0.6) is 11.5 Å². The lowest BCUT2D eigenvalue weighted by atomic mass is 9.53. The Morgan fingerprint density at radius 1 is 1.24 bits per heavy atom. The number of carbonyl (C=O) groups excluding carboxylic acids is 1. The predicted octanol–water partition coefficient (Wildman–Crippen LogP) is 0.0784. The van der Waals surface area contributed by atoms with Crippen LogP contribution in [0.1, 0.15) is 30.4 Å². The van der Waals surface area contributed by atoms with Crippen LogP contribution in [-0.4, -0.2) is 80.7 Å². The second-order valence-corrected chi connectivity index (χ2v) is 9.47. The molecule has 4 N–H and O–H groups in total. The van der Waals surface area contributed by atoms with Crippen LogP contribution in [0.25, 0.3) is 0 Å². The lowest BCUT2D eigenvalue weighted by Gasteiger charge is -2.56. The standard InChI is InChI=1S/C23H25NO9/c1-24-7-6-23-12-3-4-14(25)20(23)33-19-15(5-2-11(18(19)23)8-13(12)24)32-17(28)10-22(31,21(29)30)9-16(26)27/h2-5,12-14,20,25,31H,6-10H2,1H3,(H,26,27)(H,29,30)/t12-,13+,14-,20-,22?,23-/m0/s1. The van der Waals surface area contributed by atoms with Crippen molar-refractivity contribution < 1.29 is 44.3 Å². The van der Waals surface area contributed by atoms with Crippen molar-refractivity contribution in [3.05, 3.63) is 35.4 Å². The lowest BCUT2D eigenvalue weighted by Crippen LogP contribution is -2.64. The first-order valence-corrected chi connectivity index (χ1v) is 10.8. The van der Waals surface area contributed by atoms with Crippen LogP contribution in [-0.2, 0) is 26.2 Å². The Morgan fingerprint density at radius 2 is 2.00 bits per heavy atom. The monoisotopic (exact) mass is 459 g/mol. The maximum absolute atomic E-state index is 12.5. The summed E-state index contributed by atoms with van der Waals surface area (Å²) in [6, 6.07) is 3.66. The van der Waals surface area contributed by atoms with Crippen LogP contribution in [0.3, 0.4) is 0 Å². The highest BCUT2D eigenvalue weighted by Gasteiger charge is 2.64. The van der Waals surface area contributed by atoms with Gasteiger partial charge in [-0.3, -0.25) is 9.59 Å². The predicted molar refractivity (Wildman–Crippen MR) is 111 cm³/mol. The summed E-state index contributed by atoms with van der Waals surface area (Å²) in [5, 5.41) is 39.0. The number of nitrogens with zero attached hydrogens (tertiary/aromatic N) is 1. The third kappa shape index (κ3) is 3.08. The number of aliphatic hydroxyl groups excluding tert-OH is 1. The Labute approximate surface area is 189 Å². The number of ether oxygens (including phenoxy) is 2. The van der Waals surface area contributed by atoms with Crippen molar-refractivity contribution in [1.29, 1.82) is 0 Å². The van der Waals surface area contributed by atoms with E-state index in [9.17, 15) is 29.7 Å². The number of likely N-dealkylation sites (tertiary alicyclic amines) is 1. The molecule has 10 heteroatoms. The van der Waals surface area contributed by atoms with E-state index in [0.29, 0.717) is 5.75 Å². The van der Waals surface area contributed by atoms with Gasteiger partial charge in [0.15, 0.2) is 17.1 Å². The third-order valence-corrected chi connectivity index (χ3v) is 7.64. The first-order chi connectivity index (χ1) is 15.6. The van der Waals surface area contributed by atoms with Crippen molar-refractivity contribution in [2.75, 3.05) is 13.6 Å². The van der Waals surface area contributed by atoms with Gasteiger partial charge < -0.3 is 34.8 Å². The molecule has 1 fully saturated rings. The zero-order valence-corrected chi connectivity index (χ0v) is 17.9. The molecule has 0 aromatic heterocycles. The summed E-state index contributed by atoms with van der Waals surface area (Å²) in [5.74, 6) is -3.95. The van der Waals surface area contributed by atoms with Crippen LogP contribution < -0.4 is 9.47 Å². The molecule has 1 aromatic rings. The van der Waals surface area contributed by atoms with E-state index in [4.69, 9.17) is 14.6 Å². The number of piperidine rings is 1. The molecule has 6 atom stereocenters. The molecule has 2 bridgehead atoms. The van der Waals surface area contributed by atoms with E-state index < -0.39 is 54.0 Å². The maximum Gasteiger partial charge on any atom is 0.336 e. The van der Waals surface area contributed by atoms with Gasteiger partial charge in [-0.25, -0.2) is 4.79 Å². The van der Waals surface area contributed by atoms with Crippen LogP contribution in [0, 0.1) is 5.92 Å². The molecule has 2 aliphatic carbocycles. The normalized spacial score (nSPS) is 32.9. The van der Waals surface area contributed by atoms with Gasteiger partial charge in [0.2, 0.25) is 0 Å². The summed E-state index contributed by atoms with van der Waals surface area (Å²) in [5.41, 5.74) is -1.29. The minimum Gasteiger partial charge on any atom is -0.482 e. The summed E-state index contributed by atoms with van der Waals surface area (Å²) in [6.07, 6.45) is 1.77. The van der Waals surface area contributed by atoms with Gasteiger partial charge in [0, 0.05) is 22.9 Å². The van der Waals surface area contributed by atoms with E-state index in [-0.39, 0.29) is 17.7 Å². The molecule has 5 rings (SSSR count). The highest BCUT2D eigenvalue weighted by atomic mass is 16.6. The quantitative estimate of drug-likeness (QED) is 0.261. The molecule has 33 heavy (non-hydrogen) atoms. The molecule has 1 aromatic carbocycles. The SMILES string of the molecule is CN1CC[C@]23c4c5ccc(OC(=O)CC(O)(CC(=O)O)C(=O)O)c4O[C@H]2[C@@H](O)C=C[C@H]3[C@H]1C5. The van der Waals surface area contributed by atoms with Crippen LogP contribution in [0.4, 0.5) is 0 Å². The van der Waals surface area contributed by atoms with Gasteiger partial charge >= 0.3 is 17.9 Å². The summed E-state index contributed by atoms with van der Waals surface area (Å²) in [4.78, 5) is 37.2. The van der Waals surface area contributed by atoms with Crippen molar-refractivity contribution in [2.45, 2.75) is 54.9 Å². The van der Waals surface area contributed by atoms with E-state index in [2.05, 4.69) is 18.0 Å². The Hall–Kier alpha value is -2.95. The van der Waals surface area contributed by atoms with Gasteiger partial charge in [-0.05, 0) is 38.1 Å². The molecule has 0 amide bonds. The molecule has 2 aliphatic heterocycles. The zero-order chi connectivity index (χ0) is 23.7. The fourth-order valence-corrected chi connectivity index (χ4v) is 6.17. The minimum absolute atomic E-state index is 0.0638. The van der Waals surface area contributed by atoms with Gasteiger partial charge in [0.25, 0.3) is 0 Å². The fraction of sp³-hybridized carbons (Fsp3) is 0.522. The molecule has 176 valence electrons. The molecule has 1 spiro atoms. The first-order valence-electron chi connectivity index (χ1n) is 10.8. The number of hydrogen-bond acceptors (Lipinski definition) is 8. The molecular formula is C23H25NO9. The topological polar surface area (TPSA) is 154 Å². The van der Waals surface area contributed by atoms with Gasteiger partial charge in [-0.15, -0.1) is 0 Å². The number of rotatable bonds is 6. The molecule has 10 nitrogen and oxygen atoms in total. The van der Waals surface area contributed by atoms with Gasteiger partial charge in [-0.2, -0.15) is 0 Å². The molecule has 4 aliphatic rings. The third-order valence-electron chi connectivity index (χ3n) is 7.64. The summed E-state index contributed by atoms with van der Waals surface area (Å²) in [6.45, 7) is 0.825. The summed E-state index contributed by atoms with van der Waals surface area (Å²) in [7, 11) is 2.09. The van der Waals surface area contributed by atoms with Crippen molar-refractivity contribution in [1.82, 2.24) is 4.90 Å². The second-order valence-electron chi connectivity index (χ2n) is 9.47. The van der Waals surface area contributed by atoms with Crippen molar-refractivity contribution >= 4 is 17.9 Å². The second kappa shape index (κ2) is 7.28. The average Bonchev–Trinajstić information content (AvgIpc) is 3.08. The smallest absolute Gasteiger partial charge is 0.336 e. The largest absolute Gasteiger partial charge is 0.482 e. The molecular weight excluding hydrogens is 434 g/mol. The highest BCUT2D eigenvalue weighted by molar-refractivity contribution is 5.89. The average molecular weight is 459 g/mol. The Bertz CT molecular complexity index is 1080. The van der Waals surface area contributed by atoms with E-state index in [0.717, 1.165) is 30.5 Å². The van der Waals surface area contributed by atoms with Crippen molar-refractivity contribution in [3.63, 3.8) is 0 Å². The van der Waals surface area contributed by atoms with Crippen LogP contribution >= 0.6 is 0 Å². The number of carboxylic acids is 2. The lowest BCUT2D eigenvalue weighted by molar-refractivity contribution is -0.169. The number of likely N-dealkylation sites (N-methyl/N-ethyl adjacent to an activating group) is 1. The Kier molecular flexibility index (Phi) is 4.82. The van der Waals surface area contributed by atoms with E-state index in [1.54, 1.807) is 12.1 Å².